The van der Waals surface area contributed by atoms with Crippen LogP contribution in [0.1, 0.15) is 36.8 Å². The van der Waals surface area contributed by atoms with Crippen molar-refractivity contribution in [1.29, 1.82) is 0 Å². The number of nitrogens with zero attached hydrogens (tertiary/aromatic N) is 4. The molecule has 2 aromatic heterocycles. The number of benzene rings is 3. The summed E-state index contributed by atoms with van der Waals surface area (Å²) in [6.07, 6.45) is 0.0864. The Balaban J connectivity index is 1.37. The van der Waals surface area contributed by atoms with Crippen LogP contribution in [0.3, 0.4) is 0 Å². The smallest absolute Gasteiger partial charge is 0.167 e. The van der Waals surface area contributed by atoms with Crippen LogP contribution in [0.25, 0.3) is 11.2 Å². The molecule has 0 aliphatic carbocycles. The van der Waals surface area contributed by atoms with Crippen molar-refractivity contribution < 1.29 is 24.1 Å². The number of aliphatic hydroxyl groups excluding tert-OH is 1. The van der Waals surface area contributed by atoms with Crippen molar-refractivity contribution in [2.24, 2.45) is 0 Å². The second kappa shape index (κ2) is 11.1. The van der Waals surface area contributed by atoms with Gasteiger partial charge in [0.15, 0.2) is 29.5 Å². The zero-order chi connectivity index (χ0) is 29.6. The van der Waals surface area contributed by atoms with E-state index in [-0.39, 0.29) is 0 Å². The van der Waals surface area contributed by atoms with Gasteiger partial charge in [0, 0.05) is 0 Å². The molecule has 43 heavy (non-hydrogen) atoms. The highest BCUT2D eigenvalue weighted by Crippen LogP contribution is 2.43. The normalized spacial score (nSPS) is 24.1. The molecule has 2 saturated heterocycles. The number of hydrogen-bond donors (Lipinski definition) is 2. The minimum atomic E-state index is -0.843. The van der Waals surface area contributed by atoms with Gasteiger partial charge in [0.1, 0.15) is 35.9 Å². The Kier molecular flexibility index (Phi) is 7.06. The second-order valence-electron chi connectivity index (χ2n) is 10.9. The van der Waals surface area contributed by atoms with Crippen LogP contribution in [0, 0.1) is 0 Å². The van der Waals surface area contributed by atoms with Crippen LogP contribution in [0.4, 0.5) is 5.82 Å². The van der Waals surface area contributed by atoms with Crippen LogP contribution in [-0.4, -0.2) is 62.4 Å². The van der Waals surface area contributed by atoms with Crippen LogP contribution >= 0.6 is 0 Å². The molecule has 0 amide bonds. The van der Waals surface area contributed by atoms with Gasteiger partial charge in [-0.15, -0.1) is 0 Å². The first-order chi connectivity index (χ1) is 21.0. The van der Waals surface area contributed by atoms with Gasteiger partial charge < -0.3 is 29.4 Å². The molecular formula is C33H33N5O5. The third-order valence-corrected chi connectivity index (χ3v) is 8.27. The van der Waals surface area contributed by atoms with Crippen molar-refractivity contribution in [3.05, 3.63) is 114 Å². The van der Waals surface area contributed by atoms with E-state index < -0.39 is 42.5 Å². The highest BCUT2D eigenvalue weighted by atomic mass is 16.8. The molecule has 3 aromatic carbocycles. The Labute approximate surface area is 249 Å². The minimum absolute atomic E-state index is 0.407. The second-order valence-corrected chi connectivity index (χ2v) is 10.9. The van der Waals surface area contributed by atoms with Crippen molar-refractivity contribution in [2.75, 3.05) is 12.4 Å². The summed E-state index contributed by atoms with van der Waals surface area (Å²) in [6.45, 7) is 3.54. The molecule has 4 heterocycles. The largest absolute Gasteiger partial charge is 0.497 e. The lowest BCUT2D eigenvalue weighted by molar-refractivity contribution is -0.154. The van der Waals surface area contributed by atoms with Gasteiger partial charge >= 0.3 is 0 Å². The summed E-state index contributed by atoms with van der Waals surface area (Å²) in [5.41, 5.74) is 3.32. The maximum absolute atomic E-state index is 10.4. The summed E-state index contributed by atoms with van der Waals surface area (Å²) in [5.74, 6) is 1.31. The van der Waals surface area contributed by atoms with Gasteiger partial charge in [0.2, 0.25) is 0 Å². The first-order valence-corrected chi connectivity index (χ1v) is 14.4. The summed E-state index contributed by atoms with van der Waals surface area (Å²) < 4.78 is 25.6. The molecule has 2 aliphatic heterocycles. The van der Waals surface area contributed by atoms with E-state index >= 15 is 0 Å². The van der Waals surface area contributed by atoms with E-state index in [0.717, 1.165) is 22.4 Å². The third-order valence-electron chi connectivity index (χ3n) is 8.27. The zero-order valence-electron chi connectivity index (χ0n) is 24.1. The lowest BCUT2D eigenvalue weighted by Gasteiger charge is -2.37. The topological polar surface area (TPSA) is 113 Å². The lowest BCUT2D eigenvalue weighted by Crippen LogP contribution is -2.38. The summed E-state index contributed by atoms with van der Waals surface area (Å²) in [7, 11) is 1.66. The number of anilines is 1. The Morgan fingerprint density at radius 3 is 2.09 bits per heavy atom. The Morgan fingerprint density at radius 1 is 0.837 bits per heavy atom. The molecule has 5 aromatic rings. The van der Waals surface area contributed by atoms with Gasteiger partial charge in [-0.05, 0) is 42.7 Å². The maximum Gasteiger partial charge on any atom is 0.167 e. The van der Waals surface area contributed by atoms with Gasteiger partial charge in [-0.1, -0.05) is 72.8 Å². The van der Waals surface area contributed by atoms with Gasteiger partial charge in [0.05, 0.1) is 19.5 Å². The fourth-order valence-corrected chi connectivity index (χ4v) is 6.29. The van der Waals surface area contributed by atoms with E-state index in [4.69, 9.17) is 28.9 Å². The van der Waals surface area contributed by atoms with Gasteiger partial charge in [-0.2, -0.15) is 0 Å². The number of imidazole rings is 1. The fourth-order valence-electron chi connectivity index (χ4n) is 6.29. The first-order valence-electron chi connectivity index (χ1n) is 14.4. The molecule has 1 unspecified atom stereocenters. The van der Waals surface area contributed by atoms with E-state index in [1.165, 1.54) is 6.33 Å². The average molecular weight is 580 g/mol. The minimum Gasteiger partial charge on any atom is -0.497 e. The molecule has 220 valence electrons. The van der Waals surface area contributed by atoms with Crippen LogP contribution in [0.15, 0.2) is 97.6 Å². The number of methoxy groups -OCH3 is 1. The van der Waals surface area contributed by atoms with E-state index in [1.54, 1.807) is 20.4 Å². The van der Waals surface area contributed by atoms with E-state index in [9.17, 15) is 5.11 Å². The highest BCUT2D eigenvalue weighted by Gasteiger charge is 2.54. The molecule has 6 atom stereocenters. The van der Waals surface area contributed by atoms with E-state index in [1.807, 2.05) is 60.0 Å². The predicted molar refractivity (Wildman–Crippen MR) is 160 cm³/mol. The van der Waals surface area contributed by atoms with Crippen molar-refractivity contribution in [3.63, 3.8) is 0 Å². The quantitative estimate of drug-likeness (QED) is 0.254. The SMILES string of the molecule is COc1ccc(C(Nc2ncnc3c2ncn3[C@@H]2O[C@H]([C@@H](C)O)[C@H]3OC(C)O[C@H]32)(c2ccccc2)c2ccccc2)cc1. The molecule has 2 fully saturated rings. The van der Waals surface area contributed by atoms with Gasteiger partial charge in [-0.3, -0.25) is 4.57 Å². The molecule has 0 spiro atoms. The summed E-state index contributed by atoms with van der Waals surface area (Å²) >= 11 is 0. The van der Waals surface area contributed by atoms with Crippen LogP contribution in [0.5, 0.6) is 5.75 Å². The molecule has 0 radical (unpaired) electrons. The van der Waals surface area contributed by atoms with Crippen molar-refractivity contribution in [2.45, 2.75) is 56.3 Å². The number of aromatic nitrogens is 4. The summed E-state index contributed by atoms with van der Waals surface area (Å²) in [4.78, 5) is 14.1. The number of ether oxygens (including phenoxy) is 4. The molecule has 2 N–H and O–H groups in total. The average Bonchev–Trinajstić information content (AvgIpc) is 3.74. The van der Waals surface area contributed by atoms with Crippen LogP contribution < -0.4 is 10.1 Å². The Hall–Kier alpha value is -4.35. The Bertz CT molecular complexity index is 1660. The molecule has 2 aliphatic rings. The van der Waals surface area contributed by atoms with Crippen LogP contribution in [0.2, 0.25) is 0 Å². The number of rotatable bonds is 8. The molecule has 0 saturated carbocycles. The number of nitrogens with one attached hydrogen (secondary N) is 1. The third kappa shape index (κ3) is 4.63. The molecular weight excluding hydrogens is 546 g/mol. The number of fused-ring (bicyclic) bond motifs is 2. The highest BCUT2D eigenvalue weighted by molar-refractivity contribution is 5.84. The van der Waals surface area contributed by atoms with E-state index in [2.05, 4.69) is 46.7 Å². The molecule has 10 nitrogen and oxygen atoms in total. The molecule has 0 bridgehead atoms. The zero-order valence-corrected chi connectivity index (χ0v) is 24.1. The molecule has 7 rings (SSSR count). The monoisotopic (exact) mass is 579 g/mol. The summed E-state index contributed by atoms with van der Waals surface area (Å²) in [6, 6.07) is 28.5. The fraction of sp³-hybridized carbons (Fsp3) is 0.303. The first kappa shape index (κ1) is 27.5. The number of aliphatic hydroxyl groups is 1. The van der Waals surface area contributed by atoms with Crippen LogP contribution in [-0.2, 0) is 19.7 Å². The Morgan fingerprint density at radius 2 is 1.47 bits per heavy atom. The van der Waals surface area contributed by atoms with E-state index in [0.29, 0.717) is 17.0 Å². The molecule has 10 heteroatoms. The number of hydrogen-bond acceptors (Lipinski definition) is 9. The standard InChI is InChI=1S/C33H33N5O5/c1-20(39)27-28-29(42-21(2)41-28)32(43-27)38-19-36-26-30(34-18-35-31(26)38)37-33(22-10-6-4-7-11-22,23-12-8-5-9-13-23)24-14-16-25(40-3)17-15-24/h4-21,27-29,32,39H,1-3H3,(H,34,35,37)/t20-,21?,27-,28-,29-,32-/m1/s1. The maximum atomic E-state index is 10.4. The predicted octanol–water partition coefficient (Wildman–Crippen LogP) is 4.65. The van der Waals surface area contributed by atoms with Gasteiger partial charge in [-0.25, -0.2) is 15.0 Å². The van der Waals surface area contributed by atoms with Gasteiger partial charge in [0.25, 0.3) is 0 Å². The van der Waals surface area contributed by atoms with Crippen molar-refractivity contribution >= 4 is 17.0 Å². The lowest BCUT2D eigenvalue weighted by atomic mass is 9.77. The summed E-state index contributed by atoms with van der Waals surface area (Å²) in [5, 5.41) is 14.2. The van der Waals surface area contributed by atoms with Crippen molar-refractivity contribution in [1.82, 2.24) is 19.5 Å². The van der Waals surface area contributed by atoms with Crippen molar-refractivity contribution in [3.8, 4) is 5.75 Å².